The fourth-order valence-corrected chi connectivity index (χ4v) is 2.36. The van der Waals surface area contributed by atoms with Gasteiger partial charge in [0.25, 0.3) is 0 Å². The second-order valence-corrected chi connectivity index (χ2v) is 4.87. The molecule has 2 rings (SSSR count). The molecule has 1 fully saturated rings. The van der Waals surface area contributed by atoms with Gasteiger partial charge in [-0.25, -0.2) is 4.79 Å². The van der Waals surface area contributed by atoms with E-state index in [4.69, 9.17) is 9.84 Å². The van der Waals surface area contributed by atoms with Crippen LogP contribution < -0.4 is 5.32 Å². The SMILES string of the molecule is CN(CC1CCOCC1)C1C=C(C(=O)O)C=CN1. The summed E-state index contributed by atoms with van der Waals surface area (Å²) in [7, 11) is 2.02. The van der Waals surface area contributed by atoms with E-state index in [1.807, 2.05) is 7.05 Å². The van der Waals surface area contributed by atoms with Crippen molar-refractivity contribution >= 4 is 5.97 Å². The topological polar surface area (TPSA) is 61.8 Å². The van der Waals surface area contributed by atoms with Crippen molar-refractivity contribution < 1.29 is 14.6 Å². The average molecular weight is 252 g/mol. The van der Waals surface area contributed by atoms with Crippen molar-refractivity contribution in [1.82, 2.24) is 10.2 Å². The van der Waals surface area contributed by atoms with E-state index in [-0.39, 0.29) is 6.17 Å². The summed E-state index contributed by atoms with van der Waals surface area (Å²) in [4.78, 5) is 13.1. The minimum absolute atomic E-state index is 0.0380. The van der Waals surface area contributed by atoms with E-state index in [1.54, 1.807) is 18.4 Å². The largest absolute Gasteiger partial charge is 0.478 e. The summed E-state index contributed by atoms with van der Waals surface area (Å²) in [5.74, 6) is -0.240. The number of nitrogens with zero attached hydrogens (tertiary/aromatic N) is 1. The van der Waals surface area contributed by atoms with Crippen molar-refractivity contribution in [2.75, 3.05) is 26.8 Å². The zero-order chi connectivity index (χ0) is 13.0. The Bertz CT molecular complexity index is 359. The molecule has 2 aliphatic heterocycles. The smallest absolute Gasteiger partial charge is 0.335 e. The second kappa shape index (κ2) is 6.02. The maximum absolute atomic E-state index is 10.9. The Kier molecular flexibility index (Phi) is 4.38. The molecule has 0 amide bonds. The fraction of sp³-hybridized carbons (Fsp3) is 0.615. The molecule has 0 bridgehead atoms. The Balaban J connectivity index is 1.90. The van der Waals surface area contributed by atoms with Gasteiger partial charge in [0.15, 0.2) is 0 Å². The number of nitrogens with one attached hydrogen (secondary N) is 1. The Morgan fingerprint density at radius 3 is 2.94 bits per heavy atom. The summed E-state index contributed by atoms with van der Waals surface area (Å²) >= 11 is 0. The Hall–Kier alpha value is -1.33. The molecule has 2 N–H and O–H groups in total. The number of hydrogen-bond donors (Lipinski definition) is 2. The molecule has 0 aromatic carbocycles. The zero-order valence-corrected chi connectivity index (χ0v) is 10.6. The minimum Gasteiger partial charge on any atom is -0.478 e. The maximum Gasteiger partial charge on any atom is 0.335 e. The first-order chi connectivity index (χ1) is 8.66. The molecule has 0 spiro atoms. The van der Waals surface area contributed by atoms with Gasteiger partial charge < -0.3 is 15.2 Å². The standard InChI is InChI=1S/C13H20N2O3/c1-15(9-10-3-6-18-7-4-10)12-8-11(13(16)17)2-5-14-12/h2,5,8,10,12,14H,3-4,6-7,9H2,1H3,(H,16,17). The number of likely N-dealkylation sites (N-methyl/N-ethyl adjacent to an activating group) is 1. The summed E-state index contributed by atoms with van der Waals surface area (Å²) in [6.45, 7) is 2.64. The predicted molar refractivity (Wildman–Crippen MR) is 68.0 cm³/mol. The van der Waals surface area contributed by atoms with Crippen molar-refractivity contribution in [3.8, 4) is 0 Å². The van der Waals surface area contributed by atoms with Crippen LogP contribution in [0.5, 0.6) is 0 Å². The van der Waals surface area contributed by atoms with E-state index >= 15 is 0 Å². The van der Waals surface area contributed by atoms with E-state index in [1.165, 1.54) is 0 Å². The zero-order valence-electron chi connectivity index (χ0n) is 10.6. The number of ether oxygens (including phenoxy) is 1. The van der Waals surface area contributed by atoms with Gasteiger partial charge in [-0.05, 0) is 44.2 Å². The van der Waals surface area contributed by atoms with E-state index in [0.29, 0.717) is 11.5 Å². The first-order valence-electron chi connectivity index (χ1n) is 6.32. The molecule has 5 heteroatoms. The lowest BCUT2D eigenvalue weighted by molar-refractivity contribution is -0.132. The minimum atomic E-state index is -0.878. The van der Waals surface area contributed by atoms with Crippen molar-refractivity contribution in [1.29, 1.82) is 0 Å². The van der Waals surface area contributed by atoms with Crippen molar-refractivity contribution in [2.45, 2.75) is 19.0 Å². The van der Waals surface area contributed by atoms with Gasteiger partial charge in [-0.3, -0.25) is 4.90 Å². The number of carboxylic acids is 1. The molecule has 1 saturated heterocycles. The lowest BCUT2D eigenvalue weighted by atomic mass is 9.99. The Labute approximate surface area is 107 Å². The Morgan fingerprint density at radius 1 is 1.56 bits per heavy atom. The molecule has 0 aromatic rings. The molecule has 0 aromatic heterocycles. The third kappa shape index (κ3) is 3.34. The summed E-state index contributed by atoms with van der Waals surface area (Å²) in [5, 5.41) is 12.1. The molecule has 5 nitrogen and oxygen atoms in total. The van der Waals surface area contributed by atoms with Crippen molar-refractivity contribution in [2.24, 2.45) is 5.92 Å². The number of hydrogen-bond acceptors (Lipinski definition) is 4. The quantitative estimate of drug-likeness (QED) is 0.775. The molecule has 2 heterocycles. The molecule has 2 aliphatic rings. The maximum atomic E-state index is 10.9. The lowest BCUT2D eigenvalue weighted by Gasteiger charge is -2.32. The highest BCUT2D eigenvalue weighted by atomic mass is 16.5. The van der Waals surface area contributed by atoms with Crippen LogP contribution in [0.3, 0.4) is 0 Å². The van der Waals surface area contributed by atoms with Crippen LogP contribution in [0, 0.1) is 5.92 Å². The van der Waals surface area contributed by atoms with Crippen LogP contribution in [-0.4, -0.2) is 48.9 Å². The summed E-state index contributed by atoms with van der Waals surface area (Å²) in [6.07, 6.45) is 7.17. The van der Waals surface area contributed by atoms with Gasteiger partial charge in [0.1, 0.15) is 0 Å². The van der Waals surface area contributed by atoms with E-state index in [2.05, 4.69) is 10.2 Å². The van der Waals surface area contributed by atoms with Crippen LogP contribution in [0.1, 0.15) is 12.8 Å². The summed E-state index contributed by atoms with van der Waals surface area (Å²) < 4.78 is 5.34. The number of rotatable bonds is 4. The third-order valence-corrected chi connectivity index (χ3v) is 3.48. The second-order valence-electron chi connectivity index (χ2n) is 4.87. The van der Waals surface area contributed by atoms with Gasteiger partial charge in [-0.2, -0.15) is 0 Å². The van der Waals surface area contributed by atoms with Crippen LogP contribution in [0.2, 0.25) is 0 Å². The van der Waals surface area contributed by atoms with Crippen LogP contribution in [-0.2, 0) is 9.53 Å². The number of carbonyl (C=O) groups is 1. The average Bonchev–Trinajstić information content (AvgIpc) is 2.40. The van der Waals surface area contributed by atoms with Gasteiger partial charge in [-0.1, -0.05) is 0 Å². The highest BCUT2D eigenvalue weighted by Crippen LogP contribution is 2.17. The van der Waals surface area contributed by atoms with E-state index in [9.17, 15) is 4.79 Å². The first-order valence-corrected chi connectivity index (χ1v) is 6.32. The van der Waals surface area contributed by atoms with E-state index < -0.39 is 5.97 Å². The molecule has 100 valence electrons. The lowest BCUT2D eigenvalue weighted by Crippen LogP contribution is -2.44. The molecule has 0 radical (unpaired) electrons. The third-order valence-electron chi connectivity index (χ3n) is 3.48. The van der Waals surface area contributed by atoms with Crippen LogP contribution >= 0.6 is 0 Å². The molecule has 18 heavy (non-hydrogen) atoms. The first kappa shape index (κ1) is 13.1. The van der Waals surface area contributed by atoms with Gasteiger partial charge >= 0.3 is 5.97 Å². The molecule has 1 unspecified atom stereocenters. The molecule has 0 saturated carbocycles. The molecule has 0 aliphatic carbocycles. The number of carboxylic acid groups (broad SMARTS) is 1. The van der Waals surface area contributed by atoms with Gasteiger partial charge in [0, 0.05) is 19.8 Å². The van der Waals surface area contributed by atoms with Crippen LogP contribution in [0.15, 0.2) is 23.9 Å². The summed E-state index contributed by atoms with van der Waals surface area (Å²) in [5.41, 5.74) is 0.345. The predicted octanol–water partition coefficient (Wildman–Crippen LogP) is 0.799. The highest BCUT2D eigenvalue weighted by Gasteiger charge is 2.21. The highest BCUT2D eigenvalue weighted by molar-refractivity contribution is 5.90. The number of dihydropyridines is 1. The molecule has 1 atom stereocenters. The molecular formula is C13H20N2O3. The van der Waals surface area contributed by atoms with Crippen LogP contribution in [0.25, 0.3) is 0 Å². The van der Waals surface area contributed by atoms with Crippen LogP contribution in [0.4, 0.5) is 0 Å². The monoisotopic (exact) mass is 252 g/mol. The Morgan fingerprint density at radius 2 is 2.28 bits per heavy atom. The normalized spacial score (nSPS) is 24.8. The number of aliphatic carboxylic acids is 1. The van der Waals surface area contributed by atoms with Gasteiger partial charge in [0.05, 0.1) is 11.7 Å². The summed E-state index contributed by atoms with van der Waals surface area (Å²) in [6, 6.07) is 0. The fourth-order valence-electron chi connectivity index (χ4n) is 2.36. The van der Waals surface area contributed by atoms with Gasteiger partial charge in [-0.15, -0.1) is 0 Å². The molecular weight excluding hydrogens is 232 g/mol. The van der Waals surface area contributed by atoms with Crippen molar-refractivity contribution in [3.05, 3.63) is 23.9 Å². The van der Waals surface area contributed by atoms with E-state index in [0.717, 1.165) is 32.6 Å². The van der Waals surface area contributed by atoms with Gasteiger partial charge in [0.2, 0.25) is 0 Å². The van der Waals surface area contributed by atoms with Crippen molar-refractivity contribution in [3.63, 3.8) is 0 Å².